The molecule has 0 aliphatic carbocycles. The average Bonchev–Trinajstić information content (AvgIpc) is 2.62. The second-order valence-electron chi connectivity index (χ2n) is 4.73. The molecule has 3 rings (SSSR count). The van der Waals surface area contributed by atoms with Crippen molar-refractivity contribution in [2.75, 3.05) is 6.26 Å². The van der Waals surface area contributed by atoms with Crippen LogP contribution < -0.4 is 0 Å². The Morgan fingerprint density at radius 3 is 2.35 bits per heavy atom. The zero-order valence-corrected chi connectivity index (χ0v) is 13.1. The molecule has 0 aliphatic rings. The monoisotopic (exact) mass is 323 g/mol. The standard InChI is InChI=1S/C17H13N3O2S/c1-23-12-9-15(13-4-2-3-6-18-13)20-16(10-12)14-8-11(17(21)22)5-7-19-14/h2-10H,1H3,(H,21,22). The predicted octanol–water partition coefficient (Wildman–Crippen LogP) is 3.63. The maximum atomic E-state index is 11.1. The lowest BCUT2D eigenvalue weighted by Crippen LogP contribution is -1.98. The van der Waals surface area contributed by atoms with Gasteiger partial charge in [0.2, 0.25) is 0 Å². The molecule has 3 heterocycles. The van der Waals surface area contributed by atoms with E-state index >= 15 is 0 Å². The Kier molecular flexibility index (Phi) is 4.34. The Morgan fingerprint density at radius 2 is 1.70 bits per heavy atom. The Balaban J connectivity index is 2.13. The van der Waals surface area contributed by atoms with E-state index in [1.54, 1.807) is 18.0 Å². The number of carboxylic acids is 1. The average molecular weight is 323 g/mol. The SMILES string of the molecule is CSc1cc(-c2ccccn2)nc(-c2cc(C(=O)O)ccn2)c1. The largest absolute Gasteiger partial charge is 0.478 e. The smallest absolute Gasteiger partial charge is 0.335 e. The van der Waals surface area contributed by atoms with Crippen LogP contribution in [0.2, 0.25) is 0 Å². The Labute approximate surface area is 137 Å². The summed E-state index contributed by atoms with van der Waals surface area (Å²) in [6.07, 6.45) is 5.17. The molecule has 0 aromatic carbocycles. The molecule has 1 N–H and O–H groups in total. The quantitative estimate of drug-likeness (QED) is 0.739. The minimum absolute atomic E-state index is 0.186. The molecule has 6 heteroatoms. The molecule has 0 spiro atoms. The van der Waals surface area contributed by atoms with E-state index in [1.165, 1.54) is 18.3 Å². The van der Waals surface area contributed by atoms with E-state index in [4.69, 9.17) is 5.11 Å². The molecule has 0 unspecified atom stereocenters. The van der Waals surface area contributed by atoms with Crippen LogP contribution in [0.15, 0.2) is 59.8 Å². The van der Waals surface area contributed by atoms with E-state index in [0.29, 0.717) is 11.4 Å². The van der Waals surface area contributed by atoms with Gasteiger partial charge >= 0.3 is 5.97 Å². The van der Waals surface area contributed by atoms with E-state index in [0.717, 1.165) is 16.3 Å². The Morgan fingerprint density at radius 1 is 0.957 bits per heavy atom. The molecular formula is C17H13N3O2S. The van der Waals surface area contributed by atoms with Crippen LogP contribution in [0.3, 0.4) is 0 Å². The molecule has 3 aromatic rings. The number of hydrogen-bond donors (Lipinski definition) is 1. The molecule has 0 radical (unpaired) electrons. The van der Waals surface area contributed by atoms with Gasteiger partial charge in [-0.2, -0.15) is 0 Å². The fraction of sp³-hybridized carbons (Fsp3) is 0.0588. The van der Waals surface area contributed by atoms with Crippen LogP contribution in [0.5, 0.6) is 0 Å². The molecule has 0 atom stereocenters. The second-order valence-corrected chi connectivity index (χ2v) is 5.61. The minimum atomic E-state index is -0.986. The highest BCUT2D eigenvalue weighted by Gasteiger charge is 2.11. The van der Waals surface area contributed by atoms with Crippen molar-refractivity contribution in [3.63, 3.8) is 0 Å². The first-order valence-corrected chi connectivity index (χ1v) is 8.07. The van der Waals surface area contributed by atoms with E-state index in [2.05, 4.69) is 15.0 Å². The van der Waals surface area contributed by atoms with Crippen molar-refractivity contribution in [2.45, 2.75) is 4.90 Å². The highest BCUT2D eigenvalue weighted by Crippen LogP contribution is 2.27. The first-order chi connectivity index (χ1) is 11.2. The van der Waals surface area contributed by atoms with Gasteiger partial charge in [-0.1, -0.05) is 6.07 Å². The van der Waals surface area contributed by atoms with Gasteiger partial charge in [-0.15, -0.1) is 11.8 Å². The highest BCUT2D eigenvalue weighted by molar-refractivity contribution is 7.98. The number of aromatic nitrogens is 3. The Bertz CT molecular complexity index is 853. The van der Waals surface area contributed by atoms with E-state index < -0.39 is 5.97 Å². The van der Waals surface area contributed by atoms with Crippen molar-refractivity contribution < 1.29 is 9.90 Å². The number of thioether (sulfide) groups is 1. The van der Waals surface area contributed by atoms with Gasteiger partial charge in [-0.05, 0) is 42.7 Å². The molecule has 0 bridgehead atoms. The zero-order chi connectivity index (χ0) is 16.2. The van der Waals surface area contributed by atoms with Gasteiger partial charge in [0.1, 0.15) is 0 Å². The Hall–Kier alpha value is -2.73. The first-order valence-electron chi connectivity index (χ1n) is 6.84. The van der Waals surface area contributed by atoms with Crippen LogP contribution >= 0.6 is 11.8 Å². The summed E-state index contributed by atoms with van der Waals surface area (Å²) >= 11 is 1.59. The number of rotatable bonds is 4. The van der Waals surface area contributed by atoms with Crippen molar-refractivity contribution in [2.24, 2.45) is 0 Å². The van der Waals surface area contributed by atoms with Gasteiger partial charge in [0, 0.05) is 17.3 Å². The number of nitrogens with zero attached hydrogens (tertiary/aromatic N) is 3. The molecule has 0 aliphatic heterocycles. The van der Waals surface area contributed by atoms with Crippen LogP contribution in [-0.4, -0.2) is 32.3 Å². The van der Waals surface area contributed by atoms with Gasteiger partial charge in [0.05, 0.1) is 28.3 Å². The maximum absolute atomic E-state index is 11.1. The fourth-order valence-corrected chi connectivity index (χ4v) is 2.56. The normalized spacial score (nSPS) is 10.5. The number of aromatic carboxylic acids is 1. The molecule has 0 saturated carbocycles. The predicted molar refractivity (Wildman–Crippen MR) is 89.4 cm³/mol. The summed E-state index contributed by atoms with van der Waals surface area (Å²) in [5, 5.41) is 9.13. The van der Waals surface area contributed by atoms with Crippen molar-refractivity contribution in [3.8, 4) is 22.8 Å². The minimum Gasteiger partial charge on any atom is -0.478 e. The van der Waals surface area contributed by atoms with E-state index in [-0.39, 0.29) is 5.56 Å². The van der Waals surface area contributed by atoms with Crippen molar-refractivity contribution in [1.29, 1.82) is 0 Å². The lowest BCUT2D eigenvalue weighted by Gasteiger charge is -2.07. The number of carboxylic acid groups (broad SMARTS) is 1. The molecule has 3 aromatic heterocycles. The summed E-state index contributed by atoms with van der Waals surface area (Å²) in [6, 6.07) is 12.5. The number of pyridine rings is 3. The van der Waals surface area contributed by atoms with Crippen molar-refractivity contribution in [3.05, 3.63) is 60.4 Å². The van der Waals surface area contributed by atoms with Gasteiger partial charge in [-0.3, -0.25) is 9.97 Å². The number of carbonyl (C=O) groups is 1. The van der Waals surface area contributed by atoms with Crippen LogP contribution in [0.4, 0.5) is 0 Å². The summed E-state index contributed by atoms with van der Waals surface area (Å²) in [5.41, 5.74) is 2.83. The molecular weight excluding hydrogens is 310 g/mol. The molecule has 0 fully saturated rings. The van der Waals surface area contributed by atoms with Crippen molar-refractivity contribution >= 4 is 17.7 Å². The van der Waals surface area contributed by atoms with E-state index in [1.807, 2.05) is 36.6 Å². The highest BCUT2D eigenvalue weighted by atomic mass is 32.2. The summed E-state index contributed by atoms with van der Waals surface area (Å²) in [6.45, 7) is 0. The molecule has 0 saturated heterocycles. The molecule has 0 amide bonds. The fourth-order valence-electron chi connectivity index (χ4n) is 2.10. The summed E-state index contributed by atoms with van der Waals surface area (Å²) in [7, 11) is 0. The van der Waals surface area contributed by atoms with E-state index in [9.17, 15) is 4.79 Å². The lowest BCUT2D eigenvalue weighted by molar-refractivity contribution is 0.0697. The summed E-state index contributed by atoms with van der Waals surface area (Å²) in [5.74, 6) is -0.986. The maximum Gasteiger partial charge on any atom is 0.335 e. The zero-order valence-electron chi connectivity index (χ0n) is 12.3. The lowest BCUT2D eigenvalue weighted by atomic mass is 10.1. The topological polar surface area (TPSA) is 76.0 Å². The van der Waals surface area contributed by atoms with Crippen LogP contribution in [0.25, 0.3) is 22.8 Å². The van der Waals surface area contributed by atoms with Crippen molar-refractivity contribution in [1.82, 2.24) is 15.0 Å². The molecule has 5 nitrogen and oxygen atoms in total. The van der Waals surface area contributed by atoms with Gasteiger partial charge in [0.25, 0.3) is 0 Å². The van der Waals surface area contributed by atoms with Crippen LogP contribution in [-0.2, 0) is 0 Å². The third-order valence-electron chi connectivity index (χ3n) is 3.23. The third-order valence-corrected chi connectivity index (χ3v) is 3.94. The van der Waals surface area contributed by atoms with Gasteiger partial charge in [-0.25, -0.2) is 9.78 Å². The second kappa shape index (κ2) is 6.58. The van der Waals surface area contributed by atoms with Crippen LogP contribution in [0.1, 0.15) is 10.4 Å². The summed E-state index contributed by atoms with van der Waals surface area (Å²) < 4.78 is 0. The van der Waals surface area contributed by atoms with Gasteiger partial charge in [0.15, 0.2) is 0 Å². The summed E-state index contributed by atoms with van der Waals surface area (Å²) in [4.78, 5) is 25.3. The first kappa shape index (κ1) is 15.2. The molecule has 23 heavy (non-hydrogen) atoms. The van der Waals surface area contributed by atoms with Crippen LogP contribution in [0, 0.1) is 0 Å². The third kappa shape index (κ3) is 3.37. The molecule has 114 valence electrons. The van der Waals surface area contributed by atoms with Gasteiger partial charge < -0.3 is 5.11 Å². The number of hydrogen-bond acceptors (Lipinski definition) is 5.